The van der Waals surface area contributed by atoms with Gasteiger partial charge in [-0.2, -0.15) is 0 Å². The van der Waals surface area contributed by atoms with E-state index in [-0.39, 0.29) is 0 Å². The Labute approximate surface area is 64.8 Å². The van der Waals surface area contributed by atoms with E-state index in [4.69, 9.17) is 11.0 Å². The lowest BCUT2D eigenvalue weighted by Crippen LogP contribution is -2.21. The van der Waals surface area contributed by atoms with Gasteiger partial charge in [0.15, 0.2) is 0 Å². The molecule has 0 spiro atoms. The van der Waals surface area contributed by atoms with Crippen LogP contribution in [0.15, 0.2) is 12.2 Å². The summed E-state index contributed by atoms with van der Waals surface area (Å²) < 4.78 is 0. The quantitative estimate of drug-likeness (QED) is 0.266. The number of hydrogen-bond donors (Lipinski definition) is 3. The fourth-order valence-electron chi connectivity index (χ4n) is 0.476. The molecule has 0 amide bonds. The summed E-state index contributed by atoms with van der Waals surface area (Å²) in [5, 5.41) is 11.0. The van der Waals surface area contributed by atoms with Gasteiger partial charge >= 0.3 is 5.97 Å². The number of carbonyl (C=O) groups is 1. The average molecular weight is 160 g/mol. The first kappa shape index (κ1) is 10.1. The minimum Gasteiger partial charge on any atom is -0.478 e. The Bertz CT molecular complexity index is 136. The Morgan fingerprint density at radius 3 is 3.00 bits per heavy atom. The van der Waals surface area contributed by atoms with E-state index < -0.39 is 5.97 Å². The van der Waals surface area contributed by atoms with Crippen molar-refractivity contribution in [2.45, 2.75) is 0 Å². The van der Waals surface area contributed by atoms with Crippen molar-refractivity contribution >= 4 is 5.97 Å². The first-order chi connectivity index (χ1) is 5.27. The molecule has 5 heteroatoms. The summed E-state index contributed by atoms with van der Waals surface area (Å²) in [6, 6.07) is 0. The highest BCUT2D eigenvalue weighted by molar-refractivity contribution is 5.79. The van der Waals surface area contributed by atoms with Crippen LogP contribution in [-0.4, -0.2) is 30.8 Å². The SMILES string of the molecule is NOCCNC/C=C/C(=O)O. The monoisotopic (exact) mass is 160 g/mol. The lowest BCUT2D eigenvalue weighted by molar-refractivity contribution is -0.131. The lowest BCUT2D eigenvalue weighted by Gasteiger charge is -1.97. The van der Waals surface area contributed by atoms with E-state index in [0.29, 0.717) is 19.7 Å². The van der Waals surface area contributed by atoms with Crippen molar-refractivity contribution in [3.05, 3.63) is 12.2 Å². The van der Waals surface area contributed by atoms with E-state index in [1.165, 1.54) is 6.08 Å². The standard InChI is InChI=1S/C6H12N2O3/c7-11-5-4-8-3-1-2-6(9)10/h1-2,8H,3-5,7H2,(H,9,10)/b2-1+. The molecule has 0 aliphatic heterocycles. The van der Waals surface area contributed by atoms with Gasteiger partial charge in [0.05, 0.1) is 6.61 Å². The molecule has 0 aromatic carbocycles. The zero-order chi connectivity index (χ0) is 8.53. The van der Waals surface area contributed by atoms with Crippen LogP contribution < -0.4 is 11.2 Å². The molecule has 0 bridgehead atoms. The Kier molecular flexibility index (Phi) is 6.60. The largest absolute Gasteiger partial charge is 0.478 e. The van der Waals surface area contributed by atoms with E-state index in [2.05, 4.69) is 10.2 Å². The van der Waals surface area contributed by atoms with E-state index in [1.54, 1.807) is 0 Å². The summed E-state index contributed by atoms with van der Waals surface area (Å²) in [6.07, 6.45) is 2.59. The smallest absolute Gasteiger partial charge is 0.328 e. The van der Waals surface area contributed by atoms with E-state index in [1.807, 2.05) is 0 Å². The number of nitrogens with two attached hydrogens (primary N) is 1. The van der Waals surface area contributed by atoms with Crippen LogP contribution in [0, 0.1) is 0 Å². The third kappa shape index (κ3) is 9.09. The Hall–Kier alpha value is -0.910. The molecule has 0 fully saturated rings. The summed E-state index contributed by atoms with van der Waals surface area (Å²) >= 11 is 0. The molecule has 0 rings (SSSR count). The van der Waals surface area contributed by atoms with Crippen LogP contribution in [0.1, 0.15) is 0 Å². The van der Waals surface area contributed by atoms with Gasteiger partial charge in [-0.3, -0.25) is 0 Å². The van der Waals surface area contributed by atoms with E-state index >= 15 is 0 Å². The van der Waals surface area contributed by atoms with Gasteiger partial charge in [0.25, 0.3) is 0 Å². The molecular weight excluding hydrogens is 148 g/mol. The highest BCUT2D eigenvalue weighted by Gasteiger charge is 1.84. The van der Waals surface area contributed by atoms with Gasteiger partial charge in [0.1, 0.15) is 0 Å². The molecule has 0 saturated heterocycles. The maximum Gasteiger partial charge on any atom is 0.328 e. The van der Waals surface area contributed by atoms with Crippen molar-refractivity contribution in [3.8, 4) is 0 Å². The van der Waals surface area contributed by atoms with Crippen molar-refractivity contribution in [1.82, 2.24) is 5.32 Å². The number of nitrogens with one attached hydrogen (secondary N) is 1. The van der Waals surface area contributed by atoms with Crippen LogP contribution in [0.25, 0.3) is 0 Å². The predicted octanol–water partition coefficient (Wildman–Crippen LogP) is -0.893. The summed E-state index contributed by atoms with van der Waals surface area (Å²) in [5.74, 6) is 3.80. The molecule has 4 N–H and O–H groups in total. The van der Waals surface area contributed by atoms with Crippen molar-refractivity contribution in [1.29, 1.82) is 0 Å². The van der Waals surface area contributed by atoms with Gasteiger partial charge in [0, 0.05) is 19.2 Å². The first-order valence-electron chi connectivity index (χ1n) is 3.19. The molecule has 11 heavy (non-hydrogen) atoms. The van der Waals surface area contributed by atoms with Gasteiger partial charge in [-0.15, -0.1) is 0 Å². The summed E-state index contributed by atoms with van der Waals surface area (Å²) in [5.41, 5.74) is 0. The maximum absolute atomic E-state index is 9.93. The molecule has 0 atom stereocenters. The average Bonchev–Trinajstić information content (AvgIpc) is 1.96. The van der Waals surface area contributed by atoms with Crippen LogP contribution in [0.3, 0.4) is 0 Å². The Morgan fingerprint density at radius 2 is 2.45 bits per heavy atom. The summed E-state index contributed by atoms with van der Waals surface area (Å²) in [6.45, 7) is 1.54. The molecule has 0 aliphatic rings. The van der Waals surface area contributed by atoms with Crippen molar-refractivity contribution in [2.24, 2.45) is 5.90 Å². The molecular formula is C6H12N2O3. The highest BCUT2D eigenvalue weighted by Crippen LogP contribution is 1.70. The van der Waals surface area contributed by atoms with E-state index in [0.717, 1.165) is 6.08 Å². The number of hydrogen-bond acceptors (Lipinski definition) is 4. The normalized spacial score (nSPS) is 10.6. The number of rotatable bonds is 6. The van der Waals surface area contributed by atoms with Gasteiger partial charge in [-0.05, 0) is 0 Å². The van der Waals surface area contributed by atoms with E-state index in [9.17, 15) is 4.79 Å². The zero-order valence-corrected chi connectivity index (χ0v) is 6.12. The molecule has 0 unspecified atom stereocenters. The fourth-order valence-corrected chi connectivity index (χ4v) is 0.476. The second kappa shape index (κ2) is 7.20. The van der Waals surface area contributed by atoms with Gasteiger partial charge in [-0.25, -0.2) is 10.7 Å². The molecule has 0 heterocycles. The topological polar surface area (TPSA) is 84.6 Å². The van der Waals surface area contributed by atoms with Gasteiger partial charge in [0.2, 0.25) is 0 Å². The van der Waals surface area contributed by atoms with Crippen molar-refractivity contribution in [2.75, 3.05) is 19.7 Å². The summed E-state index contributed by atoms with van der Waals surface area (Å²) in [4.78, 5) is 14.2. The first-order valence-corrected chi connectivity index (χ1v) is 3.19. The van der Waals surface area contributed by atoms with Crippen molar-refractivity contribution in [3.63, 3.8) is 0 Å². The Morgan fingerprint density at radius 1 is 1.73 bits per heavy atom. The summed E-state index contributed by atoms with van der Waals surface area (Å²) in [7, 11) is 0. The van der Waals surface area contributed by atoms with Crippen molar-refractivity contribution < 1.29 is 14.7 Å². The van der Waals surface area contributed by atoms with Crippen LogP contribution in [0.4, 0.5) is 0 Å². The number of carboxylic acid groups (broad SMARTS) is 1. The minimum atomic E-state index is -0.943. The third-order valence-electron chi connectivity index (χ3n) is 0.919. The molecule has 0 aromatic rings. The molecule has 0 radical (unpaired) electrons. The lowest BCUT2D eigenvalue weighted by atomic mass is 10.5. The van der Waals surface area contributed by atoms with Gasteiger partial charge in [-0.1, -0.05) is 6.08 Å². The number of aliphatic carboxylic acids is 1. The van der Waals surface area contributed by atoms with Crippen LogP contribution in [0.5, 0.6) is 0 Å². The molecule has 0 aliphatic carbocycles. The second-order valence-electron chi connectivity index (χ2n) is 1.82. The van der Waals surface area contributed by atoms with Crippen LogP contribution in [0.2, 0.25) is 0 Å². The fraction of sp³-hybridized carbons (Fsp3) is 0.500. The molecule has 5 nitrogen and oxygen atoms in total. The zero-order valence-electron chi connectivity index (χ0n) is 6.12. The highest BCUT2D eigenvalue weighted by atomic mass is 16.6. The van der Waals surface area contributed by atoms with Gasteiger partial charge < -0.3 is 15.3 Å². The molecule has 0 saturated carbocycles. The minimum absolute atomic E-state index is 0.418. The number of carboxylic acids is 1. The molecule has 0 aromatic heterocycles. The molecule has 64 valence electrons. The maximum atomic E-state index is 9.93. The van der Waals surface area contributed by atoms with Crippen LogP contribution in [-0.2, 0) is 9.63 Å². The third-order valence-corrected chi connectivity index (χ3v) is 0.919. The van der Waals surface area contributed by atoms with Crippen LogP contribution >= 0.6 is 0 Å². The predicted molar refractivity (Wildman–Crippen MR) is 39.8 cm³/mol. The Balaban J connectivity index is 3.07. The second-order valence-corrected chi connectivity index (χ2v) is 1.82.